The third-order valence-electron chi connectivity index (χ3n) is 5.41. The first-order chi connectivity index (χ1) is 14.4. The lowest BCUT2D eigenvalue weighted by molar-refractivity contribution is -0.121. The Balaban J connectivity index is 1.38. The number of hydrogen-bond acceptors (Lipinski definition) is 4. The van der Waals surface area contributed by atoms with Gasteiger partial charge in [0.05, 0.1) is 0 Å². The van der Waals surface area contributed by atoms with Gasteiger partial charge in [-0.2, -0.15) is 0 Å². The highest BCUT2D eigenvalue weighted by Crippen LogP contribution is 2.36. The molecule has 4 nitrogen and oxygen atoms in total. The summed E-state index contributed by atoms with van der Waals surface area (Å²) in [6, 6.07) is 19.5. The van der Waals surface area contributed by atoms with Crippen molar-refractivity contribution >= 4 is 57.9 Å². The molecule has 4 rings (SSSR count). The first-order valence-corrected chi connectivity index (χ1v) is 13.6. The Hall–Kier alpha value is -2.31. The largest absolute Gasteiger partial charge is 0.356 e. The van der Waals surface area contributed by atoms with E-state index in [1.54, 1.807) is 0 Å². The molecule has 1 amide bonds. The second kappa shape index (κ2) is 8.82. The molecule has 0 spiro atoms. The van der Waals surface area contributed by atoms with Gasteiger partial charge in [0.15, 0.2) is 8.87 Å². The average molecular weight is 440 g/mol. The normalized spacial score (nSPS) is 12.2. The van der Waals surface area contributed by atoms with Crippen LogP contribution >= 0.6 is 10.8 Å². The smallest absolute Gasteiger partial charge is 0.220 e. The van der Waals surface area contributed by atoms with Gasteiger partial charge >= 0.3 is 0 Å². The second-order valence-corrected chi connectivity index (χ2v) is 12.2. The van der Waals surface area contributed by atoms with E-state index in [4.69, 9.17) is 0 Å². The van der Waals surface area contributed by atoms with Crippen LogP contribution in [0.2, 0.25) is 0 Å². The Morgan fingerprint density at radius 1 is 0.900 bits per heavy atom. The fourth-order valence-electron chi connectivity index (χ4n) is 4.05. The highest BCUT2D eigenvalue weighted by molar-refractivity contribution is 8.71. The quantitative estimate of drug-likeness (QED) is 0.224. The Labute approximate surface area is 180 Å². The van der Waals surface area contributed by atoms with E-state index >= 15 is 0 Å². The molecule has 156 valence electrons. The lowest BCUT2D eigenvalue weighted by Gasteiger charge is -2.14. The molecule has 4 aromatic carbocycles. The Kier molecular flexibility index (Phi) is 6.16. The molecular formula is C24H25NO3S2. The molecule has 0 radical (unpaired) electrons. The fourth-order valence-corrected chi connectivity index (χ4v) is 5.88. The molecule has 0 saturated carbocycles. The zero-order valence-electron chi connectivity index (χ0n) is 17.0. The molecule has 0 aliphatic carbocycles. The van der Waals surface area contributed by atoms with Gasteiger partial charge in [-0.15, -0.1) is 0 Å². The summed E-state index contributed by atoms with van der Waals surface area (Å²) in [6.45, 7) is 0.514. The lowest BCUT2D eigenvalue weighted by Crippen LogP contribution is -2.24. The third-order valence-corrected chi connectivity index (χ3v) is 8.08. The van der Waals surface area contributed by atoms with Crippen LogP contribution in [0.1, 0.15) is 24.8 Å². The molecule has 0 bridgehead atoms. The molecule has 6 heteroatoms. The highest BCUT2D eigenvalue weighted by Gasteiger charge is 2.11. The summed E-state index contributed by atoms with van der Waals surface area (Å²) >= 11 is 0. The van der Waals surface area contributed by atoms with E-state index in [2.05, 4.69) is 59.9 Å². The van der Waals surface area contributed by atoms with Gasteiger partial charge in [-0.05, 0) is 67.9 Å². The van der Waals surface area contributed by atoms with Gasteiger partial charge in [0.25, 0.3) is 0 Å². The van der Waals surface area contributed by atoms with Crippen molar-refractivity contribution in [3.05, 3.63) is 60.2 Å². The molecule has 4 aromatic rings. The Morgan fingerprint density at radius 2 is 1.57 bits per heavy atom. The highest BCUT2D eigenvalue weighted by atomic mass is 33.1. The zero-order valence-corrected chi connectivity index (χ0v) is 18.6. The van der Waals surface area contributed by atoms with Gasteiger partial charge in [0.1, 0.15) is 0 Å². The number of hydrogen-bond donors (Lipinski definition) is 1. The summed E-state index contributed by atoms with van der Waals surface area (Å²) in [5.74, 6) is 0.527. The van der Waals surface area contributed by atoms with Crippen molar-refractivity contribution in [3.8, 4) is 0 Å². The molecule has 0 heterocycles. The van der Waals surface area contributed by atoms with Crippen molar-refractivity contribution < 1.29 is 13.2 Å². The molecule has 1 N–H and O–H groups in total. The number of carbonyl (C=O) groups excluding carboxylic acids is 1. The molecule has 0 saturated heterocycles. The van der Waals surface area contributed by atoms with Crippen molar-refractivity contribution in [1.82, 2.24) is 5.32 Å². The predicted molar refractivity (Wildman–Crippen MR) is 128 cm³/mol. The Morgan fingerprint density at radius 3 is 2.30 bits per heavy atom. The number of amides is 1. The van der Waals surface area contributed by atoms with Crippen LogP contribution in [0.4, 0.5) is 0 Å². The first kappa shape index (κ1) is 20.9. The zero-order chi connectivity index (χ0) is 21.1. The summed E-state index contributed by atoms with van der Waals surface area (Å²) in [5.41, 5.74) is 1.28. The number of benzene rings is 4. The van der Waals surface area contributed by atoms with E-state index in [0.29, 0.717) is 25.1 Å². The molecule has 0 atom stereocenters. The summed E-state index contributed by atoms with van der Waals surface area (Å²) in [5, 5.41) is 10.6. The number of rotatable bonds is 9. The van der Waals surface area contributed by atoms with Crippen LogP contribution in [-0.4, -0.2) is 32.9 Å². The van der Waals surface area contributed by atoms with Crippen molar-refractivity contribution in [3.63, 3.8) is 0 Å². The van der Waals surface area contributed by atoms with E-state index in [1.807, 2.05) is 0 Å². The van der Waals surface area contributed by atoms with Crippen molar-refractivity contribution in [2.24, 2.45) is 0 Å². The summed E-state index contributed by atoms with van der Waals surface area (Å²) in [4.78, 5) is 12.1. The van der Waals surface area contributed by atoms with Gasteiger partial charge in [0, 0.05) is 25.0 Å². The molecule has 0 aliphatic heterocycles. The van der Waals surface area contributed by atoms with E-state index in [0.717, 1.165) is 23.6 Å². The van der Waals surface area contributed by atoms with Gasteiger partial charge < -0.3 is 5.32 Å². The van der Waals surface area contributed by atoms with Crippen LogP contribution in [0.25, 0.3) is 32.3 Å². The average Bonchev–Trinajstić information content (AvgIpc) is 2.72. The standard InChI is InChI=1S/C24H25NO3S2/c1-30(27,28)29-16-4-15-25-22(26)8-3-5-17-9-10-20-12-11-18-6-2-7-19-13-14-21(17)24(20)23(18)19/h2,6-7,9-14H,3-5,8,15-16H2,1H3,(H,25,26). The van der Waals surface area contributed by atoms with E-state index in [-0.39, 0.29) is 5.91 Å². The van der Waals surface area contributed by atoms with Gasteiger partial charge in [-0.1, -0.05) is 54.6 Å². The number of nitrogens with one attached hydrogen (secondary N) is 1. The predicted octanol–water partition coefficient (Wildman–Crippen LogP) is 5.11. The molecule has 30 heavy (non-hydrogen) atoms. The minimum atomic E-state index is -3.00. The molecule has 0 unspecified atom stereocenters. The van der Waals surface area contributed by atoms with Crippen molar-refractivity contribution in [1.29, 1.82) is 0 Å². The van der Waals surface area contributed by atoms with Crippen LogP contribution in [0.3, 0.4) is 0 Å². The molecule has 0 aliphatic rings. The fraction of sp³-hybridized carbons (Fsp3) is 0.292. The maximum atomic E-state index is 12.1. The van der Waals surface area contributed by atoms with Crippen LogP contribution in [0.15, 0.2) is 54.6 Å². The van der Waals surface area contributed by atoms with E-state index in [9.17, 15) is 13.2 Å². The van der Waals surface area contributed by atoms with Crippen LogP contribution < -0.4 is 5.32 Å². The van der Waals surface area contributed by atoms with Crippen LogP contribution in [0, 0.1) is 0 Å². The van der Waals surface area contributed by atoms with E-state index in [1.165, 1.54) is 44.1 Å². The van der Waals surface area contributed by atoms with Gasteiger partial charge in [-0.3, -0.25) is 4.79 Å². The van der Waals surface area contributed by atoms with Crippen LogP contribution in [0.5, 0.6) is 0 Å². The SMILES string of the molecule is CS(=O)(=O)SCCCNC(=O)CCCc1ccc2ccc3cccc4ccc1c2c34. The molecule has 0 aromatic heterocycles. The van der Waals surface area contributed by atoms with Gasteiger partial charge in [0.2, 0.25) is 5.91 Å². The molecule has 0 fully saturated rings. The minimum absolute atomic E-state index is 0.0251. The number of aryl methyl sites for hydroxylation is 1. The topological polar surface area (TPSA) is 63.2 Å². The van der Waals surface area contributed by atoms with E-state index < -0.39 is 8.87 Å². The number of carbonyl (C=O) groups is 1. The third kappa shape index (κ3) is 4.71. The lowest BCUT2D eigenvalue weighted by atomic mass is 9.90. The summed E-state index contributed by atoms with van der Waals surface area (Å²) < 4.78 is 22.2. The minimum Gasteiger partial charge on any atom is -0.356 e. The summed E-state index contributed by atoms with van der Waals surface area (Å²) in [6.07, 6.45) is 3.97. The van der Waals surface area contributed by atoms with Crippen LogP contribution in [-0.2, 0) is 20.1 Å². The maximum absolute atomic E-state index is 12.1. The monoisotopic (exact) mass is 439 g/mol. The van der Waals surface area contributed by atoms with Gasteiger partial charge in [-0.25, -0.2) is 8.42 Å². The maximum Gasteiger partial charge on any atom is 0.220 e. The summed E-state index contributed by atoms with van der Waals surface area (Å²) in [7, 11) is -2.08. The second-order valence-electron chi connectivity index (χ2n) is 7.66. The first-order valence-electron chi connectivity index (χ1n) is 10.2. The Bertz CT molecular complexity index is 1280. The molecular weight excluding hydrogens is 414 g/mol. The van der Waals surface area contributed by atoms with Crippen molar-refractivity contribution in [2.45, 2.75) is 25.7 Å². The van der Waals surface area contributed by atoms with Crippen molar-refractivity contribution in [2.75, 3.05) is 18.6 Å².